The van der Waals surface area contributed by atoms with Crippen molar-refractivity contribution in [3.63, 3.8) is 0 Å². The SMILES string of the molecule is CC(=CCC[C@](C)(O)[C@@H]1CC2=C(CC[C@@H](O)C2=O)O1)CC/C=C(\C)C(=O)O. The monoisotopic (exact) mass is 378 g/mol. The number of hydrogen-bond acceptors (Lipinski definition) is 5. The summed E-state index contributed by atoms with van der Waals surface area (Å²) >= 11 is 0. The van der Waals surface area contributed by atoms with Gasteiger partial charge in [-0.15, -0.1) is 0 Å². The Morgan fingerprint density at radius 1 is 1.30 bits per heavy atom. The maximum Gasteiger partial charge on any atom is 0.330 e. The molecule has 0 amide bonds. The number of aliphatic carboxylic acids is 1. The van der Waals surface area contributed by atoms with E-state index in [1.165, 1.54) is 0 Å². The molecule has 0 spiro atoms. The van der Waals surface area contributed by atoms with Gasteiger partial charge in [0.05, 0.1) is 5.60 Å². The predicted molar refractivity (Wildman–Crippen MR) is 101 cm³/mol. The molecule has 2 rings (SSSR count). The van der Waals surface area contributed by atoms with Crippen molar-refractivity contribution in [2.45, 2.75) is 83.5 Å². The maximum absolute atomic E-state index is 12.1. The third kappa shape index (κ3) is 5.53. The van der Waals surface area contributed by atoms with E-state index < -0.39 is 23.8 Å². The number of ether oxygens (including phenoxy) is 1. The first kappa shape index (κ1) is 21.4. The lowest BCUT2D eigenvalue weighted by molar-refractivity contribution is -0.132. The van der Waals surface area contributed by atoms with Gasteiger partial charge in [-0.05, 0) is 52.9 Å². The van der Waals surface area contributed by atoms with Crippen molar-refractivity contribution < 1.29 is 29.6 Å². The number of rotatable bonds is 8. The Bertz CT molecular complexity index is 683. The zero-order chi connectivity index (χ0) is 20.2. The van der Waals surface area contributed by atoms with Gasteiger partial charge in [0.1, 0.15) is 18.0 Å². The molecule has 0 aromatic carbocycles. The fourth-order valence-corrected chi connectivity index (χ4v) is 3.46. The fourth-order valence-electron chi connectivity index (χ4n) is 3.46. The number of carboxylic acid groups (broad SMARTS) is 1. The Morgan fingerprint density at radius 2 is 2.00 bits per heavy atom. The topological polar surface area (TPSA) is 104 Å². The van der Waals surface area contributed by atoms with Crippen molar-refractivity contribution in [1.29, 1.82) is 0 Å². The summed E-state index contributed by atoms with van der Waals surface area (Å²) in [7, 11) is 0. The van der Waals surface area contributed by atoms with E-state index in [0.717, 1.165) is 12.0 Å². The third-order valence-corrected chi connectivity index (χ3v) is 5.42. The van der Waals surface area contributed by atoms with Crippen LogP contribution in [-0.4, -0.2) is 44.9 Å². The lowest BCUT2D eigenvalue weighted by Crippen LogP contribution is -2.39. The van der Waals surface area contributed by atoms with E-state index in [2.05, 4.69) is 6.08 Å². The first-order chi connectivity index (χ1) is 12.6. The van der Waals surface area contributed by atoms with E-state index in [0.29, 0.717) is 55.4 Å². The van der Waals surface area contributed by atoms with Gasteiger partial charge in [0.25, 0.3) is 0 Å². The normalized spacial score (nSPS) is 25.9. The molecule has 1 aliphatic heterocycles. The number of Topliss-reactive ketones (excluding diaryl/α,β-unsaturated/α-hetero) is 1. The summed E-state index contributed by atoms with van der Waals surface area (Å²) in [6.07, 6.45) is 6.23. The molecule has 6 heteroatoms. The molecule has 0 bridgehead atoms. The van der Waals surface area contributed by atoms with E-state index in [1.807, 2.05) is 6.92 Å². The van der Waals surface area contributed by atoms with Crippen LogP contribution in [0.1, 0.15) is 65.7 Å². The molecule has 0 radical (unpaired) electrons. The van der Waals surface area contributed by atoms with Crippen molar-refractivity contribution in [3.8, 4) is 0 Å². The number of hydrogen-bond donors (Lipinski definition) is 3. The first-order valence-electron chi connectivity index (χ1n) is 9.51. The van der Waals surface area contributed by atoms with E-state index in [1.54, 1.807) is 19.9 Å². The average Bonchev–Trinajstić information content (AvgIpc) is 3.04. The van der Waals surface area contributed by atoms with E-state index in [-0.39, 0.29) is 5.78 Å². The molecule has 1 aliphatic carbocycles. The van der Waals surface area contributed by atoms with Crippen LogP contribution in [0, 0.1) is 0 Å². The van der Waals surface area contributed by atoms with Crippen molar-refractivity contribution in [2.24, 2.45) is 0 Å². The highest BCUT2D eigenvalue weighted by Gasteiger charge is 2.43. The molecule has 1 heterocycles. The van der Waals surface area contributed by atoms with Gasteiger partial charge in [-0.1, -0.05) is 17.7 Å². The highest BCUT2D eigenvalue weighted by Crippen LogP contribution is 2.39. The molecule has 3 N–H and O–H groups in total. The quantitative estimate of drug-likeness (QED) is 0.443. The van der Waals surface area contributed by atoms with E-state index in [9.17, 15) is 19.8 Å². The molecule has 27 heavy (non-hydrogen) atoms. The number of aliphatic hydroxyl groups excluding tert-OH is 1. The molecule has 0 saturated heterocycles. The minimum Gasteiger partial charge on any atom is -0.491 e. The molecule has 0 aromatic rings. The largest absolute Gasteiger partial charge is 0.491 e. The molecule has 0 fully saturated rings. The van der Waals surface area contributed by atoms with Gasteiger partial charge in [-0.3, -0.25) is 4.79 Å². The minimum absolute atomic E-state index is 0.269. The molecule has 6 nitrogen and oxygen atoms in total. The Morgan fingerprint density at radius 3 is 2.67 bits per heavy atom. The second kappa shape index (κ2) is 8.85. The lowest BCUT2D eigenvalue weighted by atomic mass is 9.86. The van der Waals surface area contributed by atoms with Gasteiger partial charge < -0.3 is 20.1 Å². The molecule has 0 unspecified atom stereocenters. The number of carboxylic acids is 1. The summed E-state index contributed by atoms with van der Waals surface area (Å²) in [6, 6.07) is 0. The van der Waals surface area contributed by atoms with Crippen molar-refractivity contribution in [3.05, 3.63) is 34.6 Å². The Hall–Kier alpha value is -1.92. The third-order valence-electron chi connectivity index (χ3n) is 5.42. The number of allylic oxidation sites excluding steroid dienone is 4. The van der Waals surface area contributed by atoms with E-state index in [4.69, 9.17) is 9.84 Å². The summed E-state index contributed by atoms with van der Waals surface area (Å²) in [5.41, 5.74) is 0.953. The maximum atomic E-state index is 12.1. The van der Waals surface area contributed by atoms with Gasteiger partial charge in [-0.25, -0.2) is 4.79 Å². The Labute approximate surface area is 160 Å². The summed E-state index contributed by atoms with van der Waals surface area (Å²) in [5.74, 6) is -0.538. The summed E-state index contributed by atoms with van der Waals surface area (Å²) in [5, 5.41) is 29.3. The second-order valence-corrected chi connectivity index (χ2v) is 7.81. The van der Waals surface area contributed by atoms with Crippen molar-refractivity contribution in [2.75, 3.05) is 0 Å². The van der Waals surface area contributed by atoms with Gasteiger partial charge in [-0.2, -0.15) is 0 Å². The molecule has 3 atom stereocenters. The summed E-state index contributed by atoms with van der Waals surface area (Å²) in [6.45, 7) is 5.29. The van der Waals surface area contributed by atoms with Crippen LogP contribution >= 0.6 is 0 Å². The summed E-state index contributed by atoms with van der Waals surface area (Å²) in [4.78, 5) is 22.8. The lowest BCUT2D eigenvalue weighted by Gasteiger charge is -2.30. The molecule has 150 valence electrons. The van der Waals surface area contributed by atoms with Gasteiger partial charge >= 0.3 is 5.97 Å². The van der Waals surface area contributed by atoms with Gasteiger partial charge in [0.2, 0.25) is 0 Å². The Balaban J connectivity index is 1.82. The predicted octanol–water partition coefficient (Wildman–Crippen LogP) is 3.04. The highest BCUT2D eigenvalue weighted by atomic mass is 16.5. The van der Waals surface area contributed by atoms with Crippen molar-refractivity contribution in [1.82, 2.24) is 0 Å². The zero-order valence-electron chi connectivity index (χ0n) is 16.3. The number of carbonyl (C=O) groups excluding carboxylic acids is 1. The highest BCUT2D eigenvalue weighted by molar-refractivity contribution is 6.00. The van der Waals surface area contributed by atoms with Crippen LogP contribution in [0.25, 0.3) is 0 Å². The standard InChI is InChI=1S/C21H30O6/c1-13(6-4-8-14(2)20(24)25)7-5-11-21(3,26)18-12-15-17(27-18)10-9-16(22)19(15)23/h7-8,16,18,22,26H,4-6,9-12H2,1-3H3,(H,24,25)/b13-7?,14-8+/t16-,18+,21+/m1/s1. The Kier molecular flexibility index (Phi) is 7.00. The minimum atomic E-state index is -1.07. The van der Waals surface area contributed by atoms with Crippen LogP contribution in [0.3, 0.4) is 0 Å². The molecular formula is C21H30O6. The van der Waals surface area contributed by atoms with Gasteiger partial charge in [0.15, 0.2) is 5.78 Å². The van der Waals surface area contributed by atoms with Crippen LogP contribution in [0.5, 0.6) is 0 Å². The van der Waals surface area contributed by atoms with E-state index >= 15 is 0 Å². The van der Waals surface area contributed by atoms with Crippen LogP contribution in [0.4, 0.5) is 0 Å². The summed E-state index contributed by atoms with van der Waals surface area (Å²) < 4.78 is 5.83. The first-order valence-corrected chi connectivity index (χ1v) is 9.51. The van der Waals surface area contributed by atoms with Crippen LogP contribution in [0.15, 0.2) is 34.6 Å². The molecular weight excluding hydrogens is 348 g/mol. The van der Waals surface area contributed by atoms with Crippen LogP contribution in [0.2, 0.25) is 0 Å². The van der Waals surface area contributed by atoms with Crippen molar-refractivity contribution >= 4 is 11.8 Å². The fraction of sp³-hybridized carbons (Fsp3) is 0.619. The number of carbonyl (C=O) groups is 2. The van der Waals surface area contributed by atoms with Crippen LogP contribution < -0.4 is 0 Å². The second-order valence-electron chi connectivity index (χ2n) is 7.81. The number of ketones is 1. The zero-order valence-corrected chi connectivity index (χ0v) is 16.3. The molecule has 0 aromatic heterocycles. The smallest absolute Gasteiger partial charge is 0.330 e. The van der Waals surface area contributed by atoms with Gasteiger partial charge in [0, 0.05) is 24.0 Å². The van der Waals surface area contributed by atoms with Crippen LogP contribution in [-0.2, 0) is 14.3 Å². The number of aliphatic hydroxyl groups is 2. The molecule has 0 saturated carbocycles. The average molecular weight is 378 g/mol. The molecule has 2 aliphatic rings.